The number of nitrogens with zero attached hydrogens (tertiary/aromatic N) is 2. The molecule has 0 aliphatic rings. The van der Waals surface area contributed by atoms with Crippen molar-refractivity contribution < 1.29 is 0 Å². The number of unbranched alkanes of at least 4 members (excludes halogenated alkanes) is 2. The molecule has 0 aliphatic carbocycles. The number of hydrogen-bond donors (Lipinski definition) is 2. The third kappa shape index (κ3) is 6.17. The number of anilines is 2. The summed E-state index contributed by atoms with van der Waals surface area (Å²) in [5.74, 6) is 7.67. The lowest BCUT2D eigenvalue weighted by atomic mass is 10.2. The molecule has 1 heterocycles. The summed E-state index contributed by atoms with van der Waals surface area (Å²) in [6.07, 6.45) is 9.84. The first kappa shape index (κ1) is 14.9. The summed E-state index contributed by atoms with van der Waals surface area (Å²) in [5, 5.41) is 4.05. The smallest absolute Gasteiger partial charge is 0.145 e. The Bertz CT molecular complexity index is 415. The molecule has 0 aliphatic heterocycles. The molecule has 0 unspecified atom stereocenters. The van der Waals surface area contributed by atoms with Crippen LogP contribution in [0.25, 0.3) is 0 Å². The van der Waals surface area contributed by atoms with E-state index in [1.165, 1.54) is 12.8 Å². The van der Waals surface area contributed by atoms with Gasteiger partial charge in [-0.15, -0.1) is 6.42 Å². The zero-order valence-electron chi connectivity index (χ0n) is 10.5. The first-order chi connectivity index (χ1) is 8.17. The van der Waals surface area contributed by atoms with Crippen molar-refractivity contribution in [2.24, 2.45) is 0 Å². The molecule has 0 atom stereocenters. The van der Waals surface area contributed by atoms with E-state index in [0.29, 0.717) is 11.5 Å². The van der Waals surface area contributed by atoms with E-state index >= 15 is 0 Å². The predicted molar refractivity (Wildman–Crippen MR) is 72.9 cm³/mol. The second-order valence-corrected chi connectivity index (χ2v) is 3.43. The number of nitrogens with two attached hydrogens (primary N) is 2. The number of nitrogen functional groups attached to an aromatic ring is 2. The molecule has 0 radical (unpaired) electrons. The zero-order chi connectivity index (χ0) is 13.1. The van der Waals surface area contributed by atoms with Crippen LogP contribution in [-0.2, 0) is 6.54 Å². The summed E-state index contributed by atoms with van der Waals surface area (Å²) in [7, 11) is 0. The molecule has 4 heteroatoms. The van der Waals surface area contributed by atoms with Gasteiger partial charge >= 0.3 is 0 Å². The van der Waals surface area contributed by atoms with Gasteiger partial charge in [-0.2, -0.15) is 5.10 Å². The highest BCUT2D eigenvalue weighted by atomic mass is 15.3. The Kier molecular flexibility index (Phi) is 8.06. The van der Waals surface area contributed by atoms with Gasteiger partial charge in [-0.25, -0.2) is 4.68 Å². The van der Waals surface area contributed by atoms with Crippen LogP contribution in [-0.4, -0.2) is 9.78 Å². The summed E-state index contributed by atoms with van der Waals surface area (Å²) in [6, 6.07) is 0. The van der Waals surface area contributed by atoms with Crippen LogP contribution in [0, 0.1) is 24.2 Å². The van der Waals surface area contributed by atoms with Crippen molar-refractivity contribution in [3.8, 4) is 24.2 Å². The van der Waals surface area contributed by atoms with Gasteiger partial charge in [0.05, 0.1) is 11.9 Å². The fourth-order valence-corrected chi connectivity index (χ4v) is 1.17. The maximum Gasteiger partial charge on any atom is 0.145 e. The number of terminal acetylenes is 1. The molecule has 0 aromatic carbocycles. The minimum Gasteiger partial charge on any atom is -0.394 e. The van der Waals surface area contributed by atoms with Crippen LogP contribution in [0.4, 0.5) is 11.5 Å². The van der Waals surface area contributed by atoms with Gasteiger partial charge in [0.15, 0.2) is 0 Å². The maximum atomic E-state index is 5.66. The quantitative estimate of drug-likeness (QED) is 0.615. The second-order valence-electron chi connectivity index (χ2n) is 3.43. The Morgan fingerprint density at radius 2 is 2.12 bits per heavy atom. The number of aryl methyl sites for hydroxylation is 1. The Morgan fingerprint density at radius 3 is 2.47 bits per heavy atom. The van der Waals surface area contributed by atoms with Crippen LogP contribution < -0.4 is 11.5 Å². The number of hydrogen-bond acceptors (Lipinski definition) is 3. The molecule has 4 nitrogen and oxygen atoms in total. The number of aromatic nitrogens is 2. The van der Waals surface area contributed by atoms with Crippen molar-refractivity contribution in [3.63, 3.8) is 0 Å². The normalized spacial score (nSPS) is 8.29. The van der Waals surface area contributed by atoms with Crippen LogP contribution >= 0.6 is 0 Å². The van der Waals surface area contributed by atoms with Gasteiger partial charge in [-0.3, -0.25) is 0 Å². The maximum absolute atomic E-state index is 5.66. The van der Waals surface area contributed by atoms with Gasteiger partial charge in [0.1, 0.15) is 5.82 Å². The summed E-state index contributed by atoms with van der Waals surface area (Å²) in [4.78, 5) is 0. The molecule has 4 N–H and O–H groups in total. The minimum atomic E-state index is 0.575. The van der Waals surface area contributed by atoms with E-state index < -0.39 is 0 Å². The van der Waals surface area contributed by atoms with Crippen molar-refractivity contribution in [2.75, 3.05) is 11.5 Å². The second kappa shape index (κ2) is 9.18. The Labute approximate surface area is 103 Å². The topological polar surface area (TPSA) is 69.9 Å². The molecule has 17 heavy (non-hydrogen) atoms. The summed E-state index contributed by atoms with van der Waals surface area (Å²) in [6.45, 7) is 4.75. The Hall–Kier alpha value is -2.07. The molecule has 1 aromatic heterocycles. The van der Waals surface area contributed by atoms with Crippen LogP contribution in [0.3, 0.4) is 0 Å². The molecular weight excluding hydrogens is 212 g/mol. The minimum absolute atomic E-state index is 0.575. The average molecular weight is 232 g/mol. The fourth-order valence-electron chi connectivity index (χ4n) is 1.17. The van der Waals surface area contributed by atoms with Crippen LogP contribution in [0.15, 0.2) is 6.20 Å². The van der Waals surface area contributed by atoms with Crippen molar-refractivity contribution >= 4 is 11.5 Å². The third-order valence-electron chi connectivity index (χ3n) is 2.08. The van der Waals surface area contributed by atoms with E-state index in [1.54, 1.807) is 17.8 Å². The van der Waals surface area contributed by atoms with Crippen molar-refractivity contribution in [2.45, 2.75) is 39.7 Å². The summed E-state index contributed by atoms with van der Waals surface area (Å²) in [5.41, 5.74) is 11.8. The standard InChI is InChI=1S/C8H16N4.C5H4/c1-2-3-4-5-12-8(10)7(9)6-11-12;1-3-5-4-2/h6H,2-5,9-10H2,1H3;1H,2H3. The van der Waals surface area contributed by atoms with E-state index in [4.69, 9.17) is 17.9 Å². The SMILES string of the molecule is C#CC#CC.CCCCCn1ncc(N)c1N. The van der Waals surface area contributed by atoms with E-state index in [-0.39, 0.29) is 0 Å². The lowest BCUT2D eigenvalue weighted by molar-refractivity contribution is 0.559. The predicted octanol–water partition coefficient (Wildman–Crippen LogP) is 1.88. The highest BCUT2D eigenvalue weighted by Crippen LogP contribution is 2.13. The van der Waals surface area contributed by atoms with E-state index in [0.717, 1.165) is 13.0 Å². The highest BCUT2D eigenvalue weighted by molar-refractivity contribution is 5.56. The molecule has 0 fully saturated rings. The largest absolute Gasteiger partial charge is 0.394 e. The third-order valence-corrected chi connectivity index (χ3v) is 2.08. The van der Waals surface area contributed by atoms with Gasteiger partial charge in [-0.1, -0.05) is 25.7 Å². The molecule has 0 bridgehead atoms. The van der Waals surface area contributed by atoms with Crippen LogP contribution in [0.1, 0.15) is 33.1 Å². The summed E-state index contributed by atoms with van der Waals surface area (Å²) < 4.78 is 1.75. The lowest BCUT2D eigenvalue weighted by Crippen LogP contribution is -2.05. The first-order valence-electron chi connectivity index (χ1n) is 5.61. The molecule has 1 rings (SSSR count). The van der Waals surface area contributed by atoms with E-state index in [2.05, 4.69) is 29.8 Å². The monoisotopic (exact) mass is 232 g/mol. The molecule has 0 saturated carbocycles. The van der Waals surface area contributed by atoms with Gasteiger partial charge < -0.3 is 11.5 Å². The van der Waals surface area contributed by atoms with Crippen LogP contribution in [0.5, 0.6) is 0 Å². The van der Waals surface area contributed by atoms with Gasteiger partial charge in [0, 0.05) is 6.54 Å². The Morgan fingerprint density at radius 1 is 1.41 bits per heavy atom. The van der Waals surface area contributed by atoms with Gasteiger partial charge in [0.25, 0.3) is 0 Å². The van der Waals surface area contributed by atoms with E-state index in [1.807, 2.05) is 0 Å². The molecule has 0 amide bonds. The lowest BCUT2D eigenvalue weighted by Gasteiger charge is -2.02. The molecule has 0 spiro atoms. The molecule has 92 valence electrons. The molecular formula is C13H20N4. The first-order valence-corrected chi connectivity index (χ1v) is 5.61. The zero-order valence-corrected chi connectivity index (χ0v) is 10.5. The average Bonchev–Trinajstić information content (AvgIpc) is 2.63. The molecule has 1 aromatic rings. The van der Waals surface area contributed by atoms with Gasteiger partial charge in [-0.05, 0) is 25.2 Å². The summed E-state index contributed by atoms with van der Waals surface area (Å²) >= 11 is 0. The van der Waals surface area contributed by atoms with Gasteiger partial charge in [0.2, 0.25) is 0 Å². The van der Waals surface area contributed by atoms with E-state index in [9.17, 15) is 0 Å². The molecule has 0 saturated heterocycles. The Balaban J connectivity index is 0.000000437. The highest BCUT2D eigenvalue weighted by Gasteiger charge is 2.01. The van der Waals surface area contributed by atoms with Crippen LogP contribution in [0.2, 0.25) is 0 Å². The van der Waals surface area contributed by atoms with Crippen molar-refractivity contribution in [3.05, 3.63) is 6.20 Å². The number of rotatable bonds is 4. The fraction of sp³-hybridized carbons (Fsp3) is 0.462. The van der Waals surface area contributed by atoms with Crippen molar-refractivity contribution in [1.82, 2.24) is 9.78 Å². The van der Waals surface area contributed by atoms with Crippen molar-refractivity contribution in [1.29, 1.82) is 0 Å².